The molecule has 0 aliphatic carbocycles. The molecule has 0 saturated carbocycles. The van der Waals surface area contributed by atoms with Crippen LogP contribution in [0.2, 0.25) is 0 Å². The number of hydrogen-bond acceptors (Lipinski definition) is 26. The van der Waals surface area contributed by atoms with Gasteiger partial charge in [0.05, 0.1) is 129 Å². The predicted molar refractivity (Wildman–Crippen MR) is 435 cm³/mol. The van der Waals surface area contributed by atoms with Crippen LogP contribution < -0.4 is 42.5 Å². The summed E-state index contributed by atoms with van der Waals surface area (Å²) in [5, 5.41) is 37.6. The molecule has 0 spiro atoms. The first-order valence-electron chi connectivity index (χ1n) is 39.4. The van der Waals surface area contributed by atoms with Crippen LogP contribution in [0, 0.1) is 23.7 Å². The average Bonchev–Trinajstić information content (AvgIpc) is 0.917. The highest BCUT2D eigenvalue weighted by Gasteiger charge is 2.27. The summed E-state index contributed by atoms with van der Waals surface area (Å²) in [6, 6.07) is -0.286. The van der Waals surface area contributed by atoms with E-state index in [-0.39, 0.29) is 131 Å². The second-order valence-electron chi connectivity index (χ2n) is 28.1. The smallest absolute Gasteiger partial charge is 0.230 e. The molecule has 0 radical (unpaired) electrons. The Balaban J connectivity index is -0.000000700. The topological polar surface area (TPSA) is 519 Å². The van der Waals surface area contributed by atoms with Crippen molar-refractivity contribution in [3.8, 4) is 0 Å². The number of rotatable bonds is 71. The molecular formula is C74H142N20O17S. The van der Waals surface area contributed by atoms with E-state index in [0.717, 1.165) is 19.3 Å². The van der Waals surface area contributed by atoms with Gasteiger partial charge in [-0.15, -0.1) is 11.8 Å². The Kier molecular flexibility index (Phi) is 79.3. The molecule has 112 heavy (non-hydrogen) atoms. The molecule has 4 amide bonds. The quantitative estimate of drug-likeness (QED) is 0.0122. The van der Waals surface area contributed by atoms with Gasteiger partial charge in [0.15, 0.2) is 23.1 Å². The summed E-state index contributed by atoms with van der Waals surface area (Å²) >= 11 is 1.45. The summed E-state index contributed by atoms with van der Waals surface area (Å²) < 4.78 is 42.1. The molecule has 8 N–H and O–H groups in total. The zero-order valence-corrected chi connectivity index (χ0v) is 71.1. The molecule has 0 rings (SSSR count). The lowest BCUT2D eigenvalue weighted by Gasteiger charge is -2.22. The molecule has 0 fully saturated rings. The number of azide groups is 4. The highest BCUT2D eigenvalue weighted by Crippen LogP contribution is 2.13. The summed E-state index contributed by atoms with van der Waals surface area (Å²) in [7, 11) is 0. The Morgan fingerprint density at radius 2 is 0.625 bits per heavy atom. The van der Waals surface area contributed by atoms with Gasteiger partial charge in [0.1, 0.15) is 5.78 Å². The Bertz CT molecular complexity index is 2680. The van der Waals surface area contributed by atoms with Crippen LogP contribution in [0.25, 0.3) is 41.8 Å². The maximum Gasteiger partial charge on any atom is 0.230 e. The average molecular weight is 1620 g/mol. The maximum atomic E-state index is 12.3. The van der Waals surface area contributed by atoms with Crippen molar-refractivity contribution in [3.05, 3.63) is 41.8 Å². The van der Waals surface area contributed by atoms with E-state index in [1.54, 1.807) is 0 Å². The van der Waals surface area contributed by atoms with E-state index in [1.165, 1.54) is 11.8 Å². The van der Waals surface area contributed by atoms with E-state index in [4.69, 9.17) is 60.0 Å². The van der Waals surface area contributed by atoms with Gasteiger partial charge in [0, 0.05) is 164 Å². The summed E-state index contributed by atoms with van der Waals surface area (Å²) in [5.74, 6) is 1.04. The number of Topliss-reactive ketones (excluding diaryl/α,β-unsaturated/α-hetero) is 5. The third kappa shape index (κ3) is 77.3. The molecule has 38 heteroatoms. The maximum absolute atomic E-state index is 12.3. The third-order valence-electron chi connectivity index (χ3n) is 15.0. The molecule has 0 aromatic rings. The zero-order valence-electron chi connectivity index (χ0n) is 70.3. The van der Waals surface area contributed by atoms with Crippen molar-refractivity contribution in [3.63, 3.8) is 0 Å². The fraction of sp³-hybridized carbons (Fsp3) is 0.878. The minimum absolute atomic E-state index is 0.00241. The number of hydrogen-bond donors (Lipinski definition) is 8. The van der Waals surface area contributed by atoms with Gasteiger partial charge < -0.3 is 80.4 Å². The summed E-state index contributed by atoms with van der Waals surface area (Å²) in [6.45, 7) is 40.4. The van der Waals surface area contributed by atoms with Crippen LogP contribution in [0.5, 0.6) is 0 Å². The zero-order chi connectivity index (χ0) is 85.0. The van der Waals surface area contributed by atoms with Gasteiger partial charge in [-0.2, -0.15) is 0 Å². The van der Waals surface area contributed by atoms with Crippen LogP contribution in [0.3, 0.4) is 0 Å². The van der Waals surface area contributed by atoms with Gasteiger partial charge in [-0.25, -0.2) is 0 Å². The first-order valence-corrected chi connectivity index (χ1v) is 40.6. The monoisotopic (exact) mass is 1620 g/mol. The Hall–Kier alpha value is -6.66. The fourth-order valence-corrected chi connectivity index (χ4v) is 10.5. The van der Waals surface area contributed by atoms with Gasteiger partial charge >= 0.3 is 0 Å². The van der Waals surface area contributed by atoms with Crippen molar-refractivity contribution in [2.24, 2.45) is 44.1 Å². The number of carbonyl (C=O) groups excluding carboxylic acids is 9. The lowest BCUT2D eigenvalue weighted by molar-refractivity contribution is -0.129. The second kappa shape index (κ2) is 79.6. The number of nitrogens with one attached hydrogen (secondary N) is 8. The van der Waals surface area contributed by atoms with Gasteiger partial charge in [-0.05, 0) is 60.6 Å². The molecule has 0 heterocycles. The molecular weight excluding hydrogens is 1470 g/mol. The van der Waals surface area contributed by atoms with Gasteiger partial charge in [0.2, 0.25) is 23.6 Å². The van der Waals surface area contributed by atoms with Crippen molar-refractivity contribution in [2.75, 3.05) is 170 Å². The molecule has 0 unspecified atom stereocenters. The fourth-order valence-electron chi connectivity index (χ4n) is 9.63. The van der Waals surface area contributed by atoms with Gasteiger partial charge in [-0.3, -0.25) is 43.2 Å². The molecule has 4 atom stereocenters. The molecule has 37 nitrogen and oxygen atoms in total. The van der Waals surface area contributed by atoms with Crippen LogP contribution in [-0.4, -0.2) is 270 Å². The van der Waals surface area contributed by atoms with Crippen LogP contribution in [0.4, 0.5) is 0 Å². The Morgan fingerprint density at radius 1 is 0.312 bits per heavy atom. The summed E-state index contributed by atoms with van der Waals surface area (Å²) in [4.78, 5) is 119. The largest absolute Gasteiger partial charge is 0.379 e. The van der Waals surface area contributed by atoms with E-state index in [2.05, 4.69) is 82.6 Å². The van der Waals surface area contributed by atoms with E-state index in [9.17, 15) is 43.2 Å². The lowest BCUT2D eigenvalue weighted by atomic mass is 9.95. The number of ketones is 5. The molecule has 0 aliphatic heterocycles. The lowest BCUT2D eigenvalue weighted by Crippen LogP contribution is -2.46. The van der Waals surface area contributed by atoms with E-state index in [1.807, 2.05) is 111 Å². The van der Waals surface area contributed by atoms with E-state index >= 15 is 0 Å². The molecule has 0 aromatic carbocycles. The number of ether oxygens (including phenoxy) is 8. The van der Waals surface area contributed by atoms with Crippen molar-refractivity contribution >= 4 is 64.3 Å². The van der Waals surface area contributed by atoms with Gasteiger partial charge in [0.25, 0.3) is 0 Å². The summed E-state index contributed by atoms with van der Waals surface area (Å²) in [6.07, 6.45) is 5.72. The van der Waals surface area contributed by atoms with Crippen molar-refractivity contribution in [1.29, 1.82) is 0 Å². The van der Waals surface area contributed by atoms with E-state index in [0.29, 0.717) is 208 Å². The number of carbonyl (C=O) groups is 9. The Labute approximate surface area is 670 Å². The van der Waals surface area contributed by atoms with Crippen LogP contribution in [-0.2, 0) is 81.0 Å². The normalized spacial score (nSPS) is 12.0. The highest BCUT2D eigenvalue weighted by molar-refractivity contribution is 8.00. The number of nitrogens with zero attached hydrogens (tertiary/aromatic N) is 12. The first-order chi connectivity index (χ1) is 53.4. The highest BCUT2D eigenvalue weighted by atomic mass is 32.2. The third-order valence-corrected chi connectivity index (χ3v) is 16.0. The molecule has 646 valence electrons. The minimum Gasteiger partial charge on any atom is -0.379 e. The number of amides is 4. The summed E-state index contributed by atoms with van der Waals surface area (Å²) in [5.41, 5.74) is 32.4. The number of unbranched alkanes of at least 4 members (excludes halogenated alkanes) is 1. The van der Waals surface area contributed by atoms with Crippen molar-refractivity contribution in [2.45, 2.75) is 230 Å². The van der Waals surface area contributed by atoms with Crippen molar-refractivity contribution < 1.29 is 81.0 Å². The first kappa shape index (κ1) is 112. The number of thioether (sulfide) groups is 1. The molecule has 0 bridgehead atoms. The molecule has 0 aliphatic rings. The Morgan fingerprint density at radius 3 is 1.00 bits per heavy atom. The standard InChI is InChI=1S/C23H44N6O5.C18H34N4O4.C17H33N5O4S.C16H31N5O4/c1-18(2)23(32)20(28-19(3)4)8-5-6-11-25-21(30)9-7-10-22(31)26-12-14-33-16-17-34-15-13-27-29-24;1-14(2)18(24)17(21-15(3)4)8-7-16(23)6-5-10-25-12-13-26-11-9-20-22-19;1-13(2)17(24)15(21-14(3)4)11-27-12-16(23)19-5-7-25-9-10-26-8-6-20-22-18;1-12(2)16(23)14(20-13(3)4)11-15(22)18-5-7-24-9-10-25-8-6-19-21-17/h18-20,28H,5-17H2,1-4H3,(H,25,30)(H,26,31);14-15,17,21H,5-13H2,1-4H3;13-15,21H,5-12H2,1-4H3,(H,19,23);12-14,20H,5-11H2,1-4H3,(H,18,22)/t20-;17-;15-;14-/m0000/s1. The SMILES string of the molecule is CC(C)N[C@@H](CC(=O)NCCOCCOCCN=[N+]=[N-])C(=O)C(C)C.CC(C)N[C@@H](CCC(=O)CCCOCCOCCN=[N+]=[N-])C(=O)C(C)C.CC(C)N[C@@H](CCCCNC(=O)CCCC(=O)NCCOCCOCCN=[N+]=[N-])C(=O)C(C)C.CC(C)N[C@@H](CSCC(=O)NCCOCCOCCN=[N+]=[N-])C(=O)C(C)C. The second-order valence-corrected chi connectivity index (χ2v) is 29.1. The molecule has 0 aromatic heterocycles. The van der Waals surface area contributed by atoms with Crippen molar-refractivity contribution in [1.82, 2.24) is 42.5 Å². The van der Waals surface area contributed by atoms with Crippen LogP contribution in [0.15, 0.2) is 20.5 Å². The van der Waals surface area contributed by atoms with Gasteiger partial charge in [-0.1, -0.05) is 131 Å². The van der Waals surface area contributed by atoms with E-state index < -0.39 is 6.04 Å². The minimum atomic E-state index is -0.467. The predicted octanol–water partition coefficient (Wildman–Crippen LogP) is 8.74. The van der Waals surface area contributed by atoms with Crippen LogP contribution >= 0.6 is 11.8 Å². The van der Waals surface area contributed by atoms with Crippen LogP contribution in [0.1, 0.15) is 181 Å². The molecule has 0 saturated heterocycles.